The first-order valence-electron chi connectivity index (χ1n) is 7.85. The largest absolute Gasteiger partial charge is 0.359 e. The molecule has 120 valence electrons. The van der Waals surface area contributed by atoms with Gasteiger partial charge in [-0.3, -0.25) is 9.69 Å². The first kappa shape index (κ1) is 16.5. The maximum atomic E-state index is 10.3. The average Bonchev–Trinajstić information content (AvgIpc) is 3.31. The monoisotopic (exact) mass is 302 g/mol. The highest BCUT2D eigenvalue weighted by Gasteiger charge is 2.31. The van der Waals surface area contributed by atoms with Crippen molar-refractivity contribution in [3.8, 4) is 0 Å². The second kappa shape index (κ2) is 7.40. The molecule has 5 nitrogen and oxygen atoms in total. The molecule has 22 heavy (non-hydrogen) atoms. The van der Waals surface area contributed by atoms with Gasteiger partial charge >= 0.3 is 0 Å². The Labute approximate surface area is 132 Å². The van der Waals surface area contributed by atoms with Crippen molar-refractivity contribution in [3.63, 3.8) is 0 Å². The van der Waals surface area contributed by atoms with Crippen molar-refractivity contribution in [3.05, 3.63) is 23.9 Å². The van der Waals surface area contributed by atoms with Crippen molar-refractivity contribution in [2.45, 2.75) is 44.8 Å². The molecule has 0 spiro atoms. The van der Waals surface area contributed by atoms with Crippen molar-refractivity contribution in [2.24, 2.45) is 4.99 Å². The number of carbonyl (C=O) groups excluding carboxylic acids is 1. The molecular formula is C17H26N4O. The molecule has 1 unspecified atom stereocenters. The summed E-state index contributed by atoms with van der Waals surface area (Å²) >= 11 is 0. The van der Waals surface area contributed by atoms with Crippen LogP contribution >= 0.6 is 0 Å². The molecule has 1 saturated carbocycles. The Morgan fingerprint density at radius 1 is 1.59 bits per heavy atom. The van der Waals surface area contributed by atoms with Crippen molar-refractivity contribution in [1.29, 1.82) is 0 Å². The lowest BCUT2D eigenvalue weighted by molar-refractivity contribution is -0.109. The fourth-order valence-corrected chi connectivity index (χ4v) is 2.90. The topological polar surface area (TPSA) is 49.6 Å². The fourth-order valence-electron chi connectivity index (χ4n) is 2.90. The highest BCUT2D eigenvalue weighted by molar-refractivity contribution is 5.67. The van der Waals surface area contributed by atoms with Crippen LogP contribution in [-0.4, -0.2) is 42.2 Å². The minimum Gasteiger partial charge on any atom is -0.359 e. The fraction of sp³-hybridized carbons (Fsp3) is 0.529. The van der Waals surface area contributed by atoms with Crippen LogP contribution in [0.4, 0.5) is 5.82 Å². The molecule has 0 aliphatic heterocycles. The van der Waals surface area contributed by atoms with Crippen molar-refractivity contribution >= 4 is 25.0 Å². The first-order valence-corrected chi connectivity index (χ1v) is 7.85. The summed E-state index contributed by atoms with van der Waals surface area (Å²) < 4.78 is 2.11. The Kier molecular flexibility index (Phi) is 5.55. The van der Waals surface area contributed by atoms with Crippen LogP contribution in [0.2, 0.25) is 0 Å². The molecule has 1 amide bonds. The smallest absolute Gasteiger partial charge is 0.207 e. The number of rotatable bonds is 10. The summed E-state index contributed by atoms with van der Waals surface area (Å²) in [5.74, 6) is 0.868. The molecule has 1 atom stereocenters. The summed E-state index contributed by atoms with van der Waals surface area (Å²) in [6, 6.07) is 1.03. The summed E-state index contributed by atoms with van der Waals surface area (Å²) in [4.78, 5) is 16.9. The molecule has 5 heteroatoms. The number of aryl methyl sites for hydroxylation is 1. The molecule has 1 N–H and O–H groups in total. The van der Waals surface area contributed by atoms with Crippen LogP contribution < -0.4 is 5.32 Å². The quantitative estimate of drug-likeness (QED) is 0.410. The van der Waals surface area contributed by atoms with Gasteiger partial charge in [0.05, 0.1) is 0 Å². The van der Waals surface area contributed by atoms with Gasteiger partial charge in [0.25, 0.3) is 0 Å². The third kappa shape index (κ3) is 3.47. The lowest BCUT2D eigenvalue weighted by Crippen LogP contribution is -2.24. The van der Waals surface area contributed by atoms with Crippen LogP contribution in [0.3, 0.4) is 0 Å². The zero-order valence-electron chi connectivity index (χ0n) is 13.6. The van der Waals surface area contributed by atoms with Gasteiger partial charge in [0.15, 0.2) is 0 Å². The highest BCUT2D eigenvalue weighted by atomic mass is 16.1. The summed E-state index contributed by atoms with van der Waals surface area (Å²) in [7, 11) is 2.18. The number of aromatic nitrogens is 1. The van der Waals surface area contributed by atoms with E-state index in [1.165, 1.54) is 18.4 Å². The molecule has 1 aliphatic rings. The van der Waals surface area contributed by atoms with E-state index in [0.717, 1.165) is 30.8 Å². The van der Waals surface area contributed by atoms with Crippen LogP contribution in [0.15, 0.2) is 17.8 Å². The van der Waals surface area contributed by atoms with Crippen molar-refractivity contribution in [2.75, 3.05) is 13.6 Å². The Balaban J connectivity index is 2.21. The Bertz CT molecular complexity index is 545. The number of carbonyl (C=O) groups is 1. The van der Waals surface area contributed by atoms with Gasteiger partial charge in [-0.1, -0.05) is 12.7 Å². The van der Waals surface area contributed by atoms with Gasteiger partial charge in [-0.25, -0.2) is 4.99 Å². The standard InChI is InChI=1S/C17H26N4O/c1-5-15-16(13(2)20(4)14-7-8-14)11-21(17(15)18-3)10-6-9-19-12-22/h5,11-14H,1,3,6-10H2,2,4H3,(H,19,22). The molecule has 0 bridgehead atoms. The SMILES string of the molecule is C=Cc1c(C(C)N(C)C2CC2)cn(CCCNC=O)c1N=C. The van der Waals surface area contributed by atoms with Crippen LogP contribution in [0.25, 0.3) is 6.08 Å². The number of hydrogen-bond acceptors (Lipinski definition) is 3. The third-order valence-corrected chi connectivity index (χ3v) is 4.46. The second-order valence-electron chi connectivity index (χ2n) is 5.88. The zero-order chi connectivity index (χ0) is 16.1. The predicted molar refractivity (Wildman–Crippen MR) is 91.6 cm³/mol. The minimum absolute atomic E-state index is 0.329. The molecule has 2 rings (SSSR count). The Morgan fingerprint density at radius 2 is 2.32 bits per heavy atom. The van der Waals surface area contributed by atoms with Crippen LogP contribution in [-0.2, 0) is 11.3 Å². The highest BCUT2D eigenvalue weighted by Crippen LogP contribution is 2.37. The maximum absolute atomic E-state index is 10.3. The van der Waals surface area contributed by atoms with Gasteiger partial charge in [-0.15, -0.1) is 0 Å². The zero-order valence-corrected chi connectivity index (χ0v) is 13.6. The molecule has 1 aromatic rings. The van der Waals surface area contributed by atoms with Crippen LogP contribution in [0, 0.1) is 0 Å². The molecular weight excluding hydrogens is 276 g/mol. The van der Waals surface area contributed by atoms with Gasteiger partial charge in [-0.05, 0) is 45.5 Å². The molecule has 1 fully saturated rings. The number of amides is 1. The van der Waals surface area contributed by atoms with E-state index < -0.39 is 0 Å². The summed E-state index contributed by atoms with van der Waals surface area (Å²) in [6.07, 6.45) is 8.19. The van der Waals surface area contributed by atoms with E-state index in [2.05, 4.69) is 53.2 Å². The molecule has 1 heterocycles. The number of aliphatic imine (C=N–C) groups is 1. The molecule has 0 radical (unpaired) electrons. The molecule has 1 aromatic heterocycles. The predicted octanol–water partition coefficient (Wildman–Crippen LogP) is 2.75. The minimum atomic E-state index is 0.329. The molecule has 0 saturated heterocycles. The Hall–Kier alpha value is -1.88. The van der Waals surface area contributed by atoms with Gasteiger partial charge in [0.1, 0.15) is 5.82 Å². The van der Waals surface area contributed by atoms with Crippen molar-refractivity contribution < 1.29 is 4.79 Å². The third-order valence-electron chi connectivity index (χ3n) is 4.46. The number of hydrogen-bond donors (Lipinski definition) is 1. The van der Waals surface area contributed by atoms with E-state index in [9.17, 15) is 4.79 Å². The summed E-state index contributed by atoms with van der Waals surface area (Å²) in [5, 5.41) is 2.69. The van der Waals surface area contributed by atoms with Gasteiger partial charge in [-0.2, -0.15) is 0 Å². The van der Waals surface area contributed by atoms with E-state index in [4.69, 9.17) is 0 Å². The second-order valence-corrected chi connectivity index (χ2v) is 5.88. The van der Waals surface area contributed by atoms with E-state index in [1.54, 1.807) is 0 Å². The van der Waals surface area contributed by atoms with Crippen molar-refractivity contribution in [1.82, 2.24) is 14.8 Å². The van der Waals surface area contributed by atoms with E-state index in [-0.39, 0.29) is 0 Å². The summed E-state index contributed by atoms with van der Waals surface area (Å²) in [6.45, 7) is 11.3. The van der Waals surface area contributed by atoms with E-state index in [0.29, 0.717) is 18.6 Å². The Morgan fingerprint density at radius 3 is 2.86 bits per heavy atom. The average molecular weight is 302 g/mol. The molecule has 1 aliphatic carbocycles. The van der Waals surface area contributed by atoms with Gasteiger partial charge < -0.3 is 9.88 Å². The first-order chi connectivity index (χ1) is 10.6. The number of nitrogens with one attached hydrogen (secondary N) is 1. The maximum Gasteiger partial charge on any atom is 0.207 e. The van der Waals surface area contributed by atoms with Crippen LogP contribution in [0.5, 0.6) is 0 Å². The lowest BCUT2D eigenvalue weighted by Gasteiger charge is -2.24. The normalized spacial score (nSPS) is 15.6. The van der Waals surface area contributed by atoms with Gasteiger partial charge in [0.2, 0.25) is 6.41 Å². The number of nitrogens with zero attached hydrogens (tertiary/aromatic N) is 3. The summed E-state index contributed by atoms with van der Waals surface area (Å²) in [5.41, 5.74) is 2.31. The van der Waals surface area contributed by atoms with Crippen LogP contribution in [0.1, 0.15) is 43.4 Å². The lowest BCUT2D eigenvalue weighted by atomic mass is 10.1. The van der Waals surface area contributed by atoms with E-state index >= 15 is 0 Å². The van der Waals surface area contributed by atoms with Gasteiger partial charge in [0, 0.05) is 36.9 Å². The van der Waals surface area contributed by atoms with E-state index in [1.807, 2.05) is 6.08 Å². The molecule has 0 aromatic carbocycles.